The van der Waals surface area contributed by atoms with Gasteiger partial charge in [0.05, 0.1) is 6.21 Å². The van der Waals surface area contributed by atoms with Crippen LogP contribution in [0.15, 0.2) is 82.4 Å². The van der Waals surface area contributed by atoms with Gasteiger partial charge in [0.2, 0.25) is 0 Å². The Balaban J connectivity index is 1.53. The molecule has 0 heterocycles. The van der Waals surface area contributed by atoms with Gasteiger partial charge in [0.25, 0.3) is 5.91 Å². The number of halogens is 1. The molecule has 0 fully saturated rings. The van der Waals surface area contributed by atoms with E-state index in [1.54, 1.807) is 18.3 Å². The molecule has 3 aromatic carbocycles. The maximum atomic E-state index is 12.2. The lowest BCUT2D eigenvalue weighted by molar-refractivity contribution is 0.0955. The molecule has 5 heteroatoms. The van der Waals surface area contributed by atoms with Gasteiger partial charge in [-0.2, -0.15) is 5.10 Å². The zero-order valence-electron chi connectivity index (χ0n) is 14.9. The number of hydrogen-bond acceptors (Lipinski definition) is 3. The van der Waals surface area contributed by atoms with Gasteiger partial charge in [-0.3, -0.25) is 4.79 Å². The van der Waals surface area contributed by atoms with Crippen molar-refractivity contribution in [1.82, 2.24) is 5.43 Å². The number of hydrazone groups is 1. The third-order valence-corrected chi connectivity index (χ3v) is 4.36. The number of benzene rings is 3. The van der Waals surface area contributed by atoms with E-state index >= 15 is 0 Å². The van der Waals surface area contributed by atoms with Crippen LogP contribution in [0.3, 0.4) is 0 Å². The number of rotatable bonds is 6. The highest BCUT2D eigenvalue weighted by molar-refractivity contribution is 9.10. The minimum atomic E-state index is -0.257. The highest BCUT2D eigenvalue weighted by Gasteiger charge is 2.04. The molecular weight excluding hydrogens is 404 g/mol. The summed E-state index contributed by atoms with van der Waals surface area (Å²) in [5.41, 5.74) is 6.16. The number of hydrogen-bond donors (Lipinski definition) is 1. The second-order valence-electron chi connectivity index (χ2n) is 6.05. The van der Waals surface area contributed by atoms with Crippen molar-refractivity contribution in [3.8, 4) is 5.75 Å². The molecular formula is C22H19BrN2O2. The molecule has 3 aromatic rings. The minimum Gasteiger partial charge on any atom is -0.489 e. The van der Waals surface area contributed by atoms with Crippen molar-refractivity contribution in [3.05, 3.63) is 99.5 Å². The number of carbonyl (C=O) groups excluding carboxylic acids is 1. The van der Waals surface area contributed by atoms with Crippen molar-refractivity contribution in [2.45, 2.75) is 13.5 Å². The van der Waals surface area contributed by atoms with Crippen LogP contribution in [0.5, 0.6) is 5.75 Å². The fourth-order valence-corrected chi connectivity index (χ4v) is 2.79. The maximum Gasteiger partial charge on any atom is 0.271 e. The number of aryl methyl sites for hydroxylation is 1. The van der Waals surface area contributed by atoms with E-state index < -0.39 is 0 Å². The molecule has 1 N–H and O–H groups in total. The van der Waals surface area contributed by atoms with Gasteiger partial charge >= 0.3 is 0 Å². The fraction of sp³-hybridized carbons (Fsp3) is 0.0909. The average Bonchev–Trinajstić information content (AvgIpc) is 2.68. The van der Waals surface area contributed by atoms with Crippen LogP contribution in [-0.4, -0.2) is 12.1 Å². The van der Waals surface area contributed by atoms with E-state index in [0.717, 1.165) is 21.3 Å². The zero-order valence-corrected chi connectivity index (χ0v) is 16.4. The molecule has 1 amide bonds. The Kier molecular flexibility index (Phi) is 6.39. The Morgan fingerprint density at radius 3 is 2.52 bits per heavy atom. The van der Waals surface area contributed by atoms with Crippen LogP contribution in [0.1, 0.15) is 27.0 Å². The molecule has 0 bridgehead atoms. The third kappa shape index (κ3) is 5.79. The van der Waals surface area contributed by atoms with E-state index in [-0.39, 0.29) is 5.91 Å². The van der Waals surface area contributed by atoms with Gasteiger partial charge < -0.3 is 4.74 Å². The first-order chi connectivity index (χ1) is 13.1. The molecule has 3 rings (SSSR count). The van der Waals surface area contributed by atoms with E-state index in [1.807, 2.05) is 67.6 Å². The summed E-state index contributed by atoms with van der Waals surface area (Å²) in [6, 6.07) is 22.8. The van der Waals surface area contributed by atoms with Gasteiger partial charge in [0, 0.05) is 10.0 Å². The average molecular weight is 423 g/mol. The van der Waals surface area contributed by atoms with Crippen LogP contribution in [-0.2, 0) is 6.61 Å². The number of amides is 1. The lowest BCUT2D eigenvalue weighted by atomic mass is 10.1. The number of ether oxygens (including phenoxy) is 1. The molecule has 0 atom stereocenters. The summed E-state index contributed by atoms with van der Waals surface area (Å²) in [7, 11) is 0. The molecule has 0 spiro atoms. The quantitative estimate of drug-likeness (QED) is 0.443. The summed E-state index contributed by atoms with van der Waals surface area (Å²) >= 11 is 3.40. The Morgan fingerprint density at radius 2 is 1.81 bits per heavy atom. The van der Waals surface area contributed by atoms with Crippen molar-refractivity contribution in [3.63, 3.8) is 0 Å². The highest BCUT2D eigenvalue weighted by Crippen LogP contribution is 2.14. The molecule has 0 aromatic heterocycles. The Morgan fingerprint density at radius 1 is 1.07 bits per heavy atom. The van der Waals surface area contributed by atoms with Gasteiger partial charge in [0.1, 0.15) is 12.4 Å². The molecule has 0 saturated heterocycles. The van der Waals surface area contributed by atoms with Gasteiger partial charge in [-0.25, -0.2) is 5.43 Å². The van der Waals surface area contributed by atoms with Crippen molar-refractivity contribution in [1.29, 1.82) is 0 Å². The van der Waals surface area contributed by atoms with E-state index in [9.17, 15) is 4.79 Å². The minimum absolute atomic E-state index is 0.257. The van der Waals surface area contributed by atoms with E-state index in [4.69, 9.17) is 4.74 Å². The van der Waals surface area contributed by atoms with Crippen LogP contribution in [0.4, 0.5) is 0 Å². The lowest BCUT2D eigenvalue weighted by Crippen LogP contribution is -2.17. The van der Waals surface area contributed by atoms with Crippen LogP contribution < -0.4 is 10.2 Å². The second-order valence-corrected chi connectivity index (χ2v) is 6.97. The normalized spacial score (nSPS) is 10.7. The lowest BCUT2D eigenvalue weighted by Gasteiger charge is -2.07. The van der Waals surface area contributed by atoms with Crippen molar-refractivity contribution in [2.75, 3.05) is 0 Å². The molecule has 0 aliphatic rings. The summed E-state index contributed by atoms with van der Waals surface area (Å²) in [4.78, 5) is 12.2. The predicted octanol–water partition coefficient (Wildman–Crippen LogP) is 5.10. The first-order valence-corrected chi connectivity index (χ1v) is 9.27. The summed E-state index contributed by atoms with van der Waals surface area (Å²) in [5, 5.41) is 3.99. The van der Waals surface area contributed by atoms with Crippen molar-refractivity contribution < 1.29 is 9.53 Å². The van der Waals surface area contributed by atoms with Crippen LogP contribution >= 0.6 is 15.9 Å². The van der Waals surface area contributed by atoms with Crippen molar-refractivity contribution >= 4 is 28.1 Å². The molecule has 0 saturated carbocycles. The van der Waals surface area contributed by atoms with E-state index in [2.05, 4.69) is 26.5 Å². The van der Waals surface area contributed by atoms with Crippen LogP contribution in [0.25, 0.3) is 0 Å². The van der Waals surface area contributed by atoms with Gasteiger partial charge in [0.15, 0.2) is 0 Å². The predicted molar refractivity (Wildman–Crippen MR) is 111 cm³/mol. The summed E-state index contributed by atoms with van der Waals surface area (Å²) < 4.78 is 6.70. The first kappa shape index (κ1) is 18.9. The summed E-state index contributed by atoms with van der Waals surface area (Å²) in [6.07, 6.45) is 1.60. The summed E-state index contributed by atoms with van der Waals surface area (Å²) in [6.45, 7) is 2.49. The SMILES string of the molecule is Cc1ccc(OCc2ccc(C(=O)NN=Cc3cccc(Br)c3)cc2)cc1. The molecule has 4 nitrogen and oxygen atoms in total. The van der Waals surface area contributed by atoms with Crippen LogP contribution in [0, 0.1) is 6.92 Å². The van der Waals surface area contributed by atoms with E-state index in [0.29, 0.717) is 12.2 Å². The molecule has 0 unspecified atom stereocenters. The largest absolute Gasteiger partial charge is 0.489 e. The molecule has 0 aliphatic heterocycles. The maximum absolute atomic E-state index is 12.2. The first-order valence-electron chi connectivity index (χ1n) is 8.47. The molecule has 27 heavy (non-hydrogen) atoms. The number of nitrogens with one attached hydrogen (secondary N) is 1. The molecule has 0 aliphatic carbocycles. The molecule has 136 valence electrons. The highest BCUT2D eigenvalue weighted by atomic mass is 79.9. The standard InChI is InChI=1S/C22H19BrN2O2/c1-16-5-11-21(12-6-16)27-15-17-7-9-19(10-8-17)22(26)25-24-14-18-3-2-4-20(23)13-18/h2-14H,15H2,1H3,(H,25,26). The van der Waals surface area contributed by atoms with E-state index in [1.165, 1.54) is 5.56 Å². The summed E-state index contributed by atoms with van der Waals surface area (Å²) in [5.74, 6) is 0.566. The second kappa shape index (κ2) is 9.14. The third-order valence-electron chi connectivity index (χ3n) is 3.87. The molecule has 0 radical (unpaired) electrons. The Hall–Kier alpha value is -2.92. The van der Waals surface area contributed by atoms with Crippen molar-refractivity contribution in [2.24, 2.45) is 5.10 Å². The topological polar surface area (TPSA) is 50.7 Å². The number of carbonyl (C=O) groups is 1. The number of nitrogens with zero attached hydrogens (tertiary/aromatic N) is 1. The monoisotopic (exact) mass is 422 g/mol. The zero-order chi connectivity index (χ0) is 19.1. The Bertz CT molecular complexity index is 935. The Labute approximate surface area is 167 Å². The van der Waals surface area contributed by atoms with Gasteiger partial charge in [-0.1, -0.05) is 57.9 Å². The van der Waals surface area contributed by atoms with Gasteiger partial charge in [-0.05, 0) is 54.4 Å². The van der Waals surface area contributed by atoms with Crippen LogP contribution in [0.2, 0.25) is 0 Å². The fourth-order valence-electron chi connectivity index (χ4n) is 2.37. The van der Waals surface area contributed by atoms with Gasteiger partial charge in [-0.15, -0.1) is 0 Å². The smallest absolute Gasteiger partial charge is 0.271 e.